The summed E-state index contributed by atoms with van der Waals surface area (Å²) in [6.07, 6.45) is 5.59. The Morgan fingerprint density at radius 2 is 2.10 bits per heavy atom. The van der Waals surface area contributed by atoms with Crippen LogP contribution in [0.5, 0.6) is 0 Å². The first-order valence-corrected chi connectivity index (χ1v) is 10.5. The Morgan fingerprint density at radius 1 is 1.34 bits per heavy atom. The van der Waals surface area contributed by atoms with Crippen LogP contribution in [0.4, 0.5) is 0 Å². The lowest BCUT2D eigenvalue weighted by molar-refractivity contribution is -0.121. The number of hydrogen-bond acceptors (Lipinski definition) is 2. The molecule has 1 aliphatic heterocycles. The van der Waals surface area contributed by atoms with Crippen molar-refractivity contribution >= 4 is 58.3 Å². The van der Waals surface area contributed by atoms with Crippen molar-refractivity contribution in [3.05, 3.63) is 35.0 Å². The minimum Gasteiger partial charge on any atom is -0.361 e. The van der Waals surface area contributed by atoms with Gasteiger partial charge in [-0.3, -0.25) is 9.79 Å². The molecule has 6 nitrogen and oxygen atoms in total. The number of hydrogen-bond donors (Lipinski definition) is 3. The SMILES string of the molecule is CCNC(=NCCc1c[nH]c2ccc(Cl)cc12)N1CCC(CC(=O)NC)CC1.I. The third-order valence-electron chi connectivity index (χ3n) is 5.37. The number of benzene rings is 1. The third-order valence-corrected chi connectivity index (χ3v) is 5.61. The van der Waals surface area contributed by atoms with Crippen LogP contribution in [0.25, 0.3) is 10.9 Å². The van der Waals surface area contributed by atoms with E-state index in [1.165, 1.54) is 10.9 Å². The monoisotopic (exact) mass is 531 g/mol. The molecule has 1 aromatic carbocycles. The normalized spacial score (nSPS) is 15.3. The van der Waals surface area contributed by atoms with Gasteiger partial charge in [-0.05, 0) is 55.9 Å². The van der Waals surface area contributed by atoms with E-state index < -0.39 is 0 Å². The number of H-pyrrole nitrogens is 1. The first-order valence-electron chi connectivity index (χ1n) is 10.1. The summed E-state index contributed by atoms with van der Waals surface area (Å²) in [5, 5.41) is 8.06. The van der Waals surface area contributed by atoms with E-state index in [1.54, 1.807) is 7.05 Å². The standard InChI is InChI=1S/C21H30ClN5O.HI/c1-3-24-21(27-10-7-15(8-11-27)12-20(28)23-2)25-9-6-16-14-26-19-5-4-17(22)13-18(16)19;/h4-5,13-15,26H,3,6-12H2,1-2H3,(H,23,28)(H,24,25);1H. The number of aliphatic imine (C=N–C) groups is 1. The summed E-state index contributed by atoms with van der Waals surface area (Å²) in [5.74, 6) is 1.58. The number of aromatic nitrogens is 1. The molecule has 0 saturated carbocycles. The fourth-order valence-electron chi connectivity index (χ4n) is 3.78. The first kappa shape index (κ1) is 23.8. The van der Waals surface area contributed by atoms with Crippen LogP contribution in [0.3, 0.4) is 0 Å². The van der Waals surface area contributed by atoms with Gasteiger partial charge in [-0.15, -0.1) is 24.0 Å². The lowest BCUT2D eigenvalue weighted by Crippen LogP contribution is -2.46. The molecule has 29 heavy (non-hydrogen) atoms. The molecule has 1 aromatic heterocycles. The molecule has 2 aromatic rings. The Morgan fingerprint density at radius 3 is 2.79 bits per heavy atom. The van der Waals surface area contributed by atoms with Gasteiger partial charge in [0.15, 0.2) is 5.96 Å². The first-order chi connectivity index (χ1) is 13.6. The van der Waals surface area contributed by atoms with E-state index in [0.717, 1.165) is 61.9 Å². The summed E-state index contributed by atoms with van der Waals surface area (Å²) in [7, 11) is 1.70. The molecule has 160 valence electrons. The Balaban J connectivity index is 0.00000300. The predicted octanol–water partition coefficient (Wildman–Crippen LogP) is 3.80. The number of carbonyl (C=O) groups excluding carboxylic acids is 1. The quantitative estimate of drug-likeness (QED) is 0.302. The molecule has 2 heterocycles. The van der Waals surface area contributed by atoms with Crippen molar-refractivity contribution in [3.63, 3.8) is 0 Å². The lowest BCUT2D eigenvalue weighted by Gasteiger charge is -2.34. The van der Waals surface area contributed by atoms with E-state index in [-0.39, 0.29) is 29.9 Å². The summed E-state index contributed by atoms with van der Waals surface area (Å²) in [6, 6.07) is 5.92. The van der Waals surface area contributed by atoms with Crippen LogP contribution < -0.4 is 10.6 Å². The molecule has 0 atom stereocenters. The number of amides is 1. The average Bonchev–Trinajstić information content (AvgIpc) is 3.10. The lowest BCUT2D eigenvalue weighted by atomic mass is 9.93. The average molecular weight is 532 g/mol. The van der Waals surface area contributed by atoms with Crippen LogP contribution in [0, 0.1) is 5.92 Å². The fraction of sp³-hybridized carbons (Fsp3) is 0.524. The van der Waals surface area contributed by atoms with Gasteiger partial charge in [-0.25, -0.2) is 0 Å². The maximum atomic E-state index is 11.6. The van der Waals surface area contributed by atoms with E-state index in [2.05, 4.69) is 27.4 Å². The number of nitrogens with zero attached hydrogens (tertiary/aromatic N) is 2. The van der Waals surface area contributed by atoms with Crippen molar-refractivity contribution in [2.45, 2.75) is 32.6 Å². The molecule has 1 aliphatic rings. The molecule has 0 aliphatic carbocycles. The second-order valence-electron chi connectivity index (χ2n) is 7.30. The van der Waals surface area contributed by atoms with Crippen molar-refractivity contribution < 1.29 is 4.79 Å². The maximum Gasteiger partial charge on any atom is 0.220 e. The Hall–Kier alpha value is -1.48. The molecule has 0 spiro atoms. The van der Waals surface area contributed by atoms with Crippen LogP contribution in [-0.2, 0) is 11.2 Å². The predicted molar refractivity (Wildman–Crippen MR) is 131 cm³/mol. The van der Waals surface area contributed by atoms with Gasteiger partial charge < -0.3 is 20.5 Å². The molecule has 1 amide bonds. The van der Waals surface area contributed by atoms with Crippen LogP contribution in [0.1, 0.15) is 31.7 Å². The number of carbonyl (C=O) groups is 1. The summed E-state index contributed by atoms with van der Waals surface area (Å²) in [6.45, 7) is 5.54. The number of likely N-dealkylation sites (tertiary alicyclic amines) is 1. The van der Waals surface area contributed by atoms with Crippen molar-refractivity contribution in [2.75, 3.05) is 33.2 Å². The highest BCUT2D eigenvalue weighted by molar-refractivity contribution is 14.0. The molecule has 0 unspecified atom stereocenters. The van der Waals surface area contributed by atoms with E-state index >= 15 is 0 Å². The van der Waals surface area contributed by atoms with Crippen molar-refractivity contribution in [2.24, 2.45) is 10.9 Å². The van der Waals surface area contributed by atoms with Gasteiger partial charge in [0.05, 0.1) is 0 Å². The highest BCUT2D eigenvalue weighted by Crippen LogP contribution is 2.23. The van der Waals surface area contributed by atoms with Gasteiger partial charge in [-0.1, -0.05) is 11.6 Å². The van der Waals surface area contributed by atoms with E-state index in [0.29, 0.717) is 12.3 Å². The summed E-state index contributed by atoms with van der Waals surface area (Å²) in [4.78, 5) is 22.1. The van der Waals surface area contributed by atoms with E-state index in [4.69, 9.17) is 16.6 Å². The van der Waals surface area contributed by atoms with Gasteiger partial charge in [-0.2, -0.15) is 0 Å². The number of nitrogens with one attached hydrogen (secondary N) is 3. The highest BCUT2D eigenvalue weighted by atomic mass is 127. The summed E-state index contributed by atoms with van der Waals surface area (Å²) >= 11 is 6.14. The summed E-state index contributed by atoms with van der Waals surface area (Å²) < 4.78 is 0. The number of halogens is 2. The molecular weight excluding hydrogens is 501 g/mol. The molecule has 0 bridgehead atoms. The van der Waals surface area contributed by atoms with Crippen LogP contribution in [0.2, 0.25) is 5.02 Å². The molecule has 0 radical (unpaired) electrons. The second-order valence-corrected chi connectivity index (χ2v) is 7.73. The minimum absolute atomic E-state index is 0. The smallest absolute Gasteiger partial charge is 0.220 e. The fourth-order valence-corrected chi connectivity index (χ4v) is 3.95. The summed E-state index contributed by atoms with van der Waals surface area (Å²) in [5.41, 5.74) is 2.34. The van der Waals surface area contributed by atoms with Crippen molar-refractivity contribution in [1.82, 2.24) is 20.5 Å². The third kappa shape index (κ3) is 6.50. The van der Waals surface area contributed by atoms with Gasteiger partial charge >= 0.3 is 0 Å². The Bertz CT molecular complexity index is 830. The largest absolute Gasteiger partial charge is 0.361 e. The zero-order chi connectivity index (χ0) is 19.9. The van der Waals surface area contributed by atoms with Crippen LogP contribution in [-0.4, -0.2) is 55.0 Å². The number of aromatic amines is 1. The maximum absolute atomic E-state index is 11.6. The van der Waals surface area contributed by atoms with Gasteiger partial charge in [0.25, 0.3) is 0 Å². The molecule has 1 saturated heterocycles. The van der Waals surface area contributed by atoms with E-state index in [9.17, 15) is 4.79 Å². The number of piperidine rings is 1. The molecule has 3 N–H and O–H groups in total. The van der Waals surface area contributed by atoms with Gasteiger partial charge in [0.1, 0.15) is 0 Å². The van der Waals surface area contributed by atoms with Crippen LogP contribution in [0.15, 0.2) is 29.4 Å². The zero-order valence-corrected chi connectivity index (χ0v) is 20.2. The second kappa shape index (κ2) is 11.6. The molecule has 3 rings (SSSR count). The topological polar surface area (TPSA) is 72.5 Å². The highest BCUT2D eigenvalue weighted by Gasteiger charge is 2.23. The van der Waals surface area contributed by atoms with Crippen molar-refractivity contribution in [3.8, 4) is 0 Å². The number of rotatable bonds is 6. The van der Waals surface area contributed by atoms with Crippen molar-refractivity contribution in [1.29, 1.82) is 0 Å². The number of fused-ring (bicyclic) bond motifs is 1. The molecule has 1 fully saturated rings. The Kier molecular flexibility index (Phi) is 9.55. The zero-order valence-electron chi connectivity index (χ0n) is 17.1. The van der Waals surface area contributed by atoms with Gasteiger partial charge in [0, 0.05) is 61.8 Å². The molecular formula is C21H31ClIN5O. The number of guanidine groups is 1. The van der Waals surface area contributed by atoms with Crippen LogP contribution >= 0.6 is 35.6 Å². The van der Waals surface area contributed by atoms with Gasteiger partial charge in [0.2, 0.25) is 5.91 Å². The van der Waals surface area contributed by atoms with E-state index in [1.807, 2.05) is 24.4 Å². The molecule has 8 heteroatoms. The Labute approximate surface area is 194 Å². The minimum atomic E-state index is 0.